The molecule has 0 aliphatic heterocycles. The molecule has 1 unspecified atom stereocenters. The molecule has 0 radical (unpaired) electrons. The van der Waals surface area contributed by atoms with Gasteiger partial charge in [0.2, 0.25) is 0 Å². The molecule has 0 heterocycles. The number of unbranched alkanes of at least 4 members (excludes halogenated alkanes) is 1. The summed E-state index contributed by atoms with van der Waals surface area (Å²) < 4.78 is 11.1. The van der Waals surface area contributed by atoms with Crippen LogP contribution >= 0.6 is 0 Å². The average Bonchev–Trinajstić information content (AvgIpc) is 2.41. The van der Waals surface area contributed by atoms with Crippen LogP contribution in [0.4, 0.5) is 0 Å². The van der Waals surface area contributed by atoms with E-state index in [-0.39, 0.29) is 6.04 Å². The minimum absolute atomic E-state index is 0.260. The van der Waals surface area contributed by atoms with Crippen molar-refractivity contribution in [2.75, 3.05) is 19.8 Å². The predicted octanol–water partition coefficient (Wildman–Crippen LogP) is 3.16. The van der Waals surface area contributed by atoms with Crippen molar-refractivity contribution in [1.82, 2.24) is 0 Å². The molecule has 19 heavy (non-hydrogen) atoms. The predicted molar refractivity (Wildman–Crippen MR) is 79.6 cm³/mol. The Morgan fingerprint density at radius 3 is 2.47 bits per heavy atom. The number of ether oxygens (including phenoxy) is 2. The molecule has 1 aromatic carbocycles. The number of hydrogen-bond acceptors (Lipinski definition) is 3. The summed E-state index contributed by atoms with van der Waals surface area (Å²) in [7, 11) is 0. The fourth-order valence-electron chi connectivity index (χ4n) is 1.71. The zero-order chi connectivity index (χ0) is 13.9. The monoisotopic (exact) mass is 265 g/mol. The van der Waals surface area contributed by atoms with Gasteiger partial charge in [-0.3, -0.25) is 0 Å². The van der Waals surface area contributed by atoms with Gasteiger partial charge in [0.25, 0.3) is 0 Å². The Hall–Kier alpha value is -1.06. The number of nitrogens with two attached hydrogens (primary N) is 1. The Bertz CT molecular complexity index is 322. The third-order valence-electron chi connectivity index (χ3n) is 2.95. The van der Waals surface area contributed by atoms with Crippen LogP contribution < -0.4 is 10.5 Å². The van der Waals surface area contributed by atoms with E-state index in [1.165, 1.54) is 12.0 Å². The summed E-state index contributed by atoms with van der Waals surface area (Å²) in [4.78, 5) is 0. The maximum Gasteiger partial charge on any atom is 0.119 e. The maximum absolute atomic E-state index is 5.75. The van der Waals surface area contributed by atoms with E-state index in [0.717, 1.165) is 31.6 Å². The number of hydrogen-bond donors (Lipinski definition) is 1. The zero-order valence-electron chi connectivity index (χ0n) is 12.2. The van der Waals surface area contributed by atoms with Gasteiger partial charge in [-0.15, -0.1) is 0 Å². The quantitative estimate of drug-likeness (QED) is 0.661. The molecule has 0 aliphatic carbocycles. The highest BCUT2D eigenvalue weighted by atomic mass is 16.5. The van der Waals surface area contributed by atoms with Crippen LogP contribution in [-0.2, 0) is 11.2 Å². The largest absolute Gasteiger partial charge is 0.491 e. The SMILES string of the molecule is CCCCOCCOc1ccc(CCC(C)N)cc1. The molecule has 0 spiro atoms. The van der Waals surface area contributed by atoms with Gasteiger partial charge in [-0.2, -0.15) is 0 Å². The number of aryl methyl sites for hydroxylation is 1. The number of benzene rings is 1. The second-order valence-electron chi connectivity index (χ2n) is 4.97. The van der Waals surface area contributed by atoms with Crippen molar-refractivity contribution in [3.05, 3.63) is 29.8 Å². The van der Waals surface area contributed by atoms with Gasteiger partial charge in [-0.25, -0.2) is 0 Å². The molecule has 1 atom stereocenters. The second-order valence-corrected chi connectivity index (χ2v) is 4.97. The molecule has 0 aliphatic rings. The van der Waals surface area contributed by atoms with Crippen molar-refractivity contribution in [2.45, 2.75) is 45.6 Å². The fraction of sp³-hybridized carbons (Fsp3) is 0.625. The van der Waals surface area contributed by atoms with Gasteiger partial charge in [-0.1, -0.05) is 25.5 Å². The lowest BCUT2D eigenvalue weighted by Crippen LogP contribution is -2.15. The lowest BCUT2D eigenvalue weighted by atomic mass is 10.1. The van der Waals surface area contributed by atoms with Crippen molar-refractivity contribution in [3.63, 3.8) is 0 Å². The van der Waals surface area contributed by atoms with Gasteiger partial charge in [0.15, 0.2) is 0 Å². The molecule has 1 aromatic rings. The first-order valence-electron chi connectivity index (χ1n) is 7.27. The van der Waals surface area contributed by atoms with Crippen LogP contribution in [0.15, 0.2) is 24.3 Å². The first-order chi connectivity index (χ1) is 9.22. The van der Waals surface area contributed by atoms with E-state index >= 15 is 0 Å². The summed E-state index contributed by atoms with van der Waals surface area (Å²) in [5.41, 5.74) is 7.06. The molecular weight excluding hydrogens is 238 g/mol. The molecule has 1 rings (SSSR count). The first kappa shape index (κ1) is 16.0. The van der Waals surface area contributed by atoms with Crippen LogP contribution in [0.3, 0.4) is 0 Å². The van der Waals surface area contributed by atoms with E-state index in [1.54, 1.807) is 0 Å². The molecule has 2 N–H and O–H groups in total. The normalized spacial score (nSPS) is 12.4. The van der Waals surface area contributed by atoms with Crippen molar-refractivity contribution in [1.29, 1.82) is 0 Å². The van der Waals surface area contributed by atoms with Crippen LogP contribution in [0.2, 0.25) is 0 Å². The van der Waals surface area contributed by atoms with E-state index in [4.69, 9.17) is 15.2 Å². The van der Waals surface area contributed by atoms with Gasteiger partial charge in [-0.05, 0) is 43.9 Å². The minimum Gasteiger partial charge on any atom is -0.491 e. The third kappa shape index (κ3) is 7.85. The van der Waals surface area contributed by atoms with Crippen LogP contribution in [0, 0.1) is 0 Å². The third-order valence-corrected chi connectivity index (χ3v) is 2.95. The van der Waals surface area contributed by atoms with Gasteiger partial charge in [0, 0.05) is 12.6 Å². The van der Waals surface area contributed by atoms with E-state index < -0.39 is 0 Å². The van der Waals surface area contributed by atoms with E-state index in [1.807, 2.05) is 19.1 Å². The van der Waals surface area contributed by atoms with Crippen molar-refractivity contribution in [2.24, 2.45) is 5.73 Å². The fourth-order valence-corrected chi connectivity index (χ4v) is 1.71. The highest BCUT2D eigenvalue weighted by molar-refractivity contribution is 5.27. The summed E-state index contributed by atoms with van der Waals surface area (Å²) >= 11 is 0. The van der Waals surface area contributed by atoms with Crippen LogP contribution in [0.5, 0.6) is 5.75 Å². The molecule has 0 bridgehead atoms. The zero-order valence-corrected chi connectivity index (χ0v) is 12.2. The van der Waals surface area contributed by atoms with Crippen LogP contribution in [-0.4, -0.2) is 25.9 Å². The average molecular weight is 265 g/mol. The van der Waals surface area contributed by atoms with E-state index in [2.05, 4.69) is 19.1 Å². The summed E-state index contributed by atoms with van der Waals surface area (Å²) in [5.74, 6) is 0.906. The molecule has 0 saturated heterocycles. The van der Waals surface area contributed by atoms with Gasteiger partial charge in [0.05, 0.1) is 6.61 Å². The van der Waals surface area contributed by atoms with Crippen LogP contribution in [0.1, 0.15) is 38.7 Å². The van der Waals surface area contributed by atoms with Gasteiger partial charge >= 0.3 is 0 Å². The smallest absolute Gasteiger partial charge is 0.119 e. The lowest BCUT2D eigenvalue weighted by molar-refractivity contribution is 0.0980. The molecule has 3 heteroatoms. The minimum atomic E-state index is 0.260. The highest BCUT2D eigenvalue weighted by Gasteiger charge is 1.98. The van der Waals surface area contributed by atoms with Gasteiger partial charge in [0.1, 0.15) is 12.4 Å². The van der Waals surface area contributed by atoms with Gasteiger partial charge < -0.3 is 15.2 Å². The van der Waals surface area contributed by atoms with Crippen molar-refractivity contribution >= 4 is 0 Å². The Kier molecular flexibility index (Phi) is 8.26. The summed E-state index contributed by atoms with van der Waals surface area (Å²) in [6, 6.07) is 8.51. The molecule has 0 saturated carbocycles. The lowest BCUT2D eigenvalue weighted by Gasteiger charge is -2.08. The maximum atomic E-state index is 5.75. The van der Waals surface area contributed by atoms with Crippen molar-refractivity contribution in [3.8, 4) is 5.75 Å². The highest BCUT2D eigenvalue weighted by Crippen LogP contribution is 2.13. The topological polar surface area (TPSA) is 44.5 Å². The molecule has 0 aromatic heterocycles. The number of rotatable bonds is 10. The molecule has 0 fully saturated rings. The van der Waals surface area contributed by atoms with E-state index in [9.17, 15) is 0 Å². The Labute approximate surface area is 117 Å². The molecule has 108 valence electrons. The summed E-state index contributed by atoms with van der Waals surface area (Å²) in [5, 5.41) is 0. The summed E-state index contributed by atoms with van der Waals surface area (Å²) in [6.07, 6.45) is 4.33. The van der Waals surface area contributed by atoms with E-state index in [0.29, 0.717) is 13.2 Å². The second kappa shape index (κ2) is 9.82. The molecule has 3 nitrogen and oxygen atoms in total. The Morgan fingerprint density at radius 2 is 1.84 bits per heavy atom. The van der Waals surface area contributed by atoms with Crippen molar-refractivity contribution < 1.29 is 9.47 Å². The van der Waals surface area contributed by atoms with Crippen LogP contribution in [0.25, 0.3) is 0 Å². The first-order valence-corrected chi connectivity index (χ1v) is 7.27. The molecule has 0 amide bonds. The molecular formula is C16H27NO2. The Balaban J connectivity index is 2.17. The summed E-state index contributed by atoms with van der Waals surface area (Å²) in [6.45, 7) is 6.30. The Morgan fingerprint density at radius 1 is 1.11 bits per heavy atom. The standard InChI is InChI=1S/C16H27NO2/c1-3-4-11-18-12-13-19-16-9-7-15(8-10-16)6-5-14(2)17/h7-10,14H,3-6,11-13,17H2,1-2H3.